The average Bonchev–Trinajstić information content (AvgIpc) is 3.56. The van der Waals surface area contributed by atoms with Crippen LogP contribution < -0.4 is 4.74 Å². The normalized spacial score (nSPS) is 19.7. The number of aromatic nitrogens is 2. The maximum Gasteiger partial charge on any atom is 0.337 e. The van der Waals surface area contributed by atoms with Gasteiger partial charge in [-0.05, 0) is 90.1 Å². The third-order valence-corrected chi connectivity index (χ3v) is 9.16. The quantitative estimate of drug-likeness (QED) is 0.436. The molecule has 1 amide bonds. The summed E-state index contributed by atoms with van der Waals surface area (Å²) >= 11 is 0. The van der Waals surface area contributed by atoms with Crippen LogP contribution in [0, 0.1) is 19.7 Å². The molecule has 0 bridgehead atoms. The minimum Gasteiger partial charge on any atom is -0.490 e. The molecule has 9 nitrogen and oxygen atoms in total. The van der Waals surface area contributed by atoms with Crippen molar-refractivity contribution >= 4 is 22.9 Å². The second-order valence-corrected chi connectivity index (χ2v) is 13.1. The molecule has 43 heavy (non-hydrogen) atoms. The standard InChI is InChI=1S/C33H41FN4O5/c1-18-21-10-8-14-42-28(21)24(34)15-22(18)27-23-16-25(31(39)38-13-12-37-11-7-9-20(37)17-38)36(6)30(23)35-19(2)26(27)29(32(40)41)43-33(3,4)5/h15-16,20,29H,7-14,17H2,1-6H3,(H,40,41)/t20?,29-/m0/s1. The lowest BCUT2D eigenvalue weighted by molar-refractivity contribution is -0.160. The van der Waals surface area contributed by atoms with Gasteiger partial charge in [0.2, 0.25) is 0 Å². The lowest BCUT2D eigenvalue weighted by atomic mass is 9.86. The van der Waals surface area contributed by atoms with E-state index >= 15 is 4.39 Å². The number of carbonyl (C=O) groups is 2. The fourth-order valence-electron chi connectivity index (χ4n) is 7.11. The van der Waals surface area contributed by atoms with Crippen molar-refractivity contribution in [3.05, 3.63) is 46.0 Å². The van der Waals surface area contributed by atoms with Crippen molar-refractivity contribution in [3.8, 4) is 16.9 Å². The highest BCUT2D eigenvalue weighted by molar-refractivity contribution is 6.04. The van der Waals surface area contributed by atoms with Crippen LogP contribution in [0.15, 0.2) is 12.1 Å². The number of carbonyl (C=O) groups excluding carboxylic acids is 1. The van der Waals surface area contributed by atoms with Gasteiger partial charge in [-0.1, -0.05) is 0 Å². The lowest BCUT2D eigenvalue weighted by Crippen LogP contribution is -2.52. The SMILES string of the molecule is Cc1nc2c(cc(C(=O)N3CCN4CCCC4C3)n2C)c(-c2cc(F)c3c(c2C)CCCO3)c1[C@H](OC(C)(C)C)C(=O)O. The number of hydrogen-bond acceptors (Lipinski definition) is 6. The zero-order valence-electron chi connectivity index (χ0n) is 25.9. The fourth-order valence-corrected chi connectivity index (χ4v) is 7.11. The van der Waals surface area contributed by atoms with Crippen molar-refractivity contribution in [2.75, 3.05) is 32.8 Å². The van der Waals surface area contributed by atoms with E-state index in [0.29, 0.717) is 71.3 Å². The van der Waals surface area contributed by atoms with Crippen LogP contribution in [0.2, 0.25) is 0 Å². The molecule has 0 aliphatic carbocycles. The highest BCUT2D eigenvalue weighted by Gasteiger charge is 2.37. The molecule has 2 aromatic heterocycles. The molecule has 3 aromatic rings. The molecule has 0 spiro atoms. The summed E-state index contributed by atoms with van der Waals surface area (Å²) in [6, 6.07) is 3.61. The highest BCUT2D eigenvalue weighted by atomic mass is 19.1. The number of nitrogens with zero attached hydrogens (tertiary/aromatic N) is 4. The van der Waals surface area contributed by atoms with Crippen molar-refractivity contribution in [2.24, 2.45) is 7.05 Å². The molecule has 5 heterocycles. The maximum absolute atomic E-state index is 15.7. The number of ether oxygens (including phenoxy) is 2. The van der Waals surface area contributed by atoms with Gasteiger partial charge in [-0.3, -0.25) is 9.69 Å². The highest BCUT2D eigenvalue weighted by Crippen LogP contribution is 2.45. The second kappa shape index (κ2) is 10.9. The molecule has 6 rings (SSSR count). The number of aliphatic carboxylic acids is 1. The Hall–Kier alpha value is -3.50. The number of halogens is 1. The number of aryl methyl sites for hydroxylation is 2. The summed E-state index contributed by atoms with van der Waals surface area (Å²) in [4.78, 5) is 36.0. The summed E-state index contributed by atoms with van der Waals surface area (Å²) in [6.45, 7) is 12.8. The van der Waals surface area contributed by atoms with E-state index in [0.717, 1.165) is 43.5 Å². The number of hydrogen-bond donors (Lipinski definition) is 1. The Morgan fingerprint density at radius 1 is 1.16 bits per heavy atom. The fraction of sp³-hybridized carbons (Fsp3) is 0.545. The monoisotopic (exact) mass is 592 g/mol. The van der Waals surface area contributed by atoms with E-state index < -0.39 is 23.5 Å². The van der Waals surface area contributed by atoms with Crippen molar-refractivity contribution in [1.29, 1.82) is 0 Å². The van der Waals surface area contributed by atoms with E-state index in [4.69, 9.17) is 14.5 Å². The molecule has 1 N–H and O–H groups in total. The number of amides is 1. The van der Waals surface area contributed by atoms with Crippen LogP contribution >= 0.6 is 0 Å². The summed E-state index contributed by atoms with van der Waals surface area (Å²) in [6.07, 6.45) is 2.29. The van der Waals surface area contributed by atoms with Crippen LogP contribution in [-0.4, -0.2) is 80.8 Å². The number of benzene rings is 1. The number of carboxylic acid groups (broad SMARTS) is 1. The van der Waals surface area contributed by atoms with E-state index in [-0.39, 0.29) is 11.7 Å². The first kappa shape index (κ1) is 29.6. The smallest absolute Gasteiger partial charge is 0.337 e. The van der Waals surface area contributed by atoms with Gasteiger partial charge in [0, 0.05) is 60.5 Å². The van der Waals surface area contributed by atoms with E-state index in [2.05, 4.69) is 4.90 Å². The van der Waals surface area contributed by atoms with Gasteiger partial charge in [-0.2, -0.15) is 0 Å². The predicted molar refractivity (Wildman–Crippen MR) is 161 cm³/mol. The van der Waals surface area contributed by atoms with Crippen LogP contribution in [0.25, 0.3) is 22.2 Å². The molecule has 2 atom stereocenters. The van der Waals surface area contributed by atoms with Crippen LogP contribution in [0.1, 0.15) is 79.0 Å². The molecule has 3 aliphatic rings. The third kappa shape index (κ3) is 5.18. The zero-order chi connectivity index (χ0) is 30.8. The maximum atomic E-state index is 15.7. The van der Waals surface area contributed by atoms with Crippen molar-refractivity contribution < 1.29 is 28.6 Å². The van der Waals surface area contributed by atoms with Crippen molar-refractivity contribution in [3.63, 3.8) is 0 Å². The van der Waals surface area contributed by atoms with Gasteiger partial charge in [0.15, 0.2) is 17.7 Å². The predicted octanol–water partition coefficient (Wildman–Crippen LogP) is 5.18. The Morgan fingerprint density at radius 2 is 1.93 bits per heavy atom. The van der Waals surface area contributed by atoms with Crippen LogP contribution in [0.4, 0.5) is 4.39 Å². The number of fused-ring (bicyclic) bond motifs is 3. The van der Waals surface area contributed by atoms with Gasteiger partial charge in [-0.15, -0.1) is 0 Å². The third-order valence-electron chi connectivity index (χ3n) is 9.16. The summed E-state index contributed by atoms with van der Waals surface area (Å²) in [7, 11) is 1.81. The largest absolute Gasteiger partial charge is 0.490 e. The molecule has 2 fully saturated rings. The second-order valence-electron chi connectivity index (χ2n) is 13.1. The minimum absolute atomic E-state index is 0.0836. The zero-order valence-corrected chi connectivity index (χ0v) is 25.9. The Morgan fingerprint density at radius 3 is 2.65 bits per heavy atom. The molecule has 2 saturated heterocycles. The van der Waals surface area contributed by atoms with Crippen molar-refractivity contribution in [1.82, 2.24) is 19.4 Å². The number of rotatable bonds is 5. The van der Waals surface area contributed by atoms with Gasteiger partial charge in [0.05, 0.1) is 12.2 Å². The Bertz CT molecular complexity index is 1620. The molecular weight excluding hydrogens is 551 g/mol. The first-order chi connectivity index (χ1) is 20.4. The van der Waals surface area contributed by atoms with Gasteiger partial charge < -0.3 is 24.0 Å². The van der Waals surface area contributed by atoms with Gasteiger partial charge in [-0.25, -0.2) is 14.2 Å². The minimum atomic E-state index is -1.36. The van der Waals surface area contributed by atoms with Gasteiger partial charge >= 0.3 is 5.97 Å². The molecule has 0 radical (unpaired) electrons. The van der Waals surface area contributed by atoms with E-state index in [1.165, 1.54) is 6.07 Å². The number of pyridine rings is 1. The van der Waals surface area contributed by atoms with Crippen LogP contribution in [0.5, 0.6) is 5.75 Å². The Balaban J connectivity index is 1.58. The van der Waals surface area contributed by atoms with Crippen molar-refractivity contribution in [2.45, 2.75) is 78.0 Å². The van der Waals surface area contributed by atoms with Gasteiger partial charge in [0.25, 0.3) is 5.91 Å². The topological polar surface area (TPSA) is 97.1 Å². The Kier molecular flexibility index (Phi) is 7.49. The lowest BCUT2D eigenvalue weighted by Gasteiger charge is -2.37. The van der Waals surface area contributed by atoms with E-state index in [1.807, 2.05) is 18.9 Å². The first-order valence-electron chi connectivity index (χ1n) is 15.2. The van der Waals surface area contributed by atoms with Crippen LogP contribution in [0.3, 0.4) is 0 Å². The summed E-state index contributed by atoms with van der Waals surface area (Å²) in [5, 5.41) is 11.0. The van der Waals surface area contributed by atoms with E-state index in [1.54, 1.807) is 38.3 Å². The number of piperazine rings is 1. The number of carboxylic acids is 1. The molecule has 1 aromatic carbocycles. The van der Waals surface area contributed by atoms with Crippen LogP contribution in [-0.2, 0) is 23.0 Å². The summed E-state index contributed by atoms with van der Waals surface area (Å²) in [5.74, 6) is -1.48. The van der Waals surface area contributed by atoms with Gasteiger partial charge in [0.1, 0.15) is 11.3 Å². The molecular formula is C33H41FN4O5. The molecule has 3 aliphatic heterocycles. The Labute approximate surface area is 251 Å². The molecule has 230 valence electrons. The molecule has 1 unspecified atom stereocenters. The first-order valence-corrected chi connectivity index (χ1v) is 15.2. The summed E-state index contributed by atoms with van der Waals surface area (Å²) in [5.41, 5.74) is 3.71. The summed E-state index contributed by atoms with van der Waals surface area (Å²) < 4.78 is 29.3. The molecule has 0 saturated carbocycles. The van der Waals surface area contributed by atoms with E-state index in [9.17, 15) is 14.7 Å². The average molecular weight is 593 g/mol. The molecule has 10 heteroatoms.